The number of hydrogen-bond donors (Lipinski definition) is 1. The predicted octanol–water partition coefficient (Wildman–Crippen LogP) is 4.84. The minimum Gasteiger partial charge on any atom is -0.411 e. The van der Waals surface area contributed by atoms with E-state index in [0.29, 0.717) is 17.1 Å². The molecule has 0 aliphatic rings. The van der Waals surface area contributed by atoms with Crippen molar-refractivity contribution in [3.8, 4) is 11.5 Å². The molecule has 4 rings (SSSR count). The van der Waals surface area contributed by atoms with Gasteiger partial charge in [-0.25, -0.2) is 0 Å². The fourth-order valence-electron chi connectivity index (χ4n) is 3.06. The van der Waals surface area contributed by atoms with Crippen molar-refractivity contribution in [2.45, 2.75) is 12.1 Å². The number of nitrogens with zero attached hydrogens (tertiary/aromatic N) is 3. The van der Waals surface area contributed by atoms with E-state index in [0.717, 1.165) is 28.1 Å². The second-order valence-corrected chi connectivity index (χ2v) is 7.37. The van der Waals surface area contributed by atoms with Crippen molar-refractivity contribution in [1.29, 1.82) is 0 Å². The van der Waals surface area contributed by atoms with E-state index < -0.39 is 4.92 Å². The maximum Gasteiger partial charge on any atom is 0.277 e. The van der Waals surface area contributed by atoms with E-state index in [9.17, 15) is 14.9 Å². The minimum atomic E-state index is -0.479. The number of benzene rings is 3. The Hall–Kier alpha value is -3.72. The zero-order valence-electron chi connectivity index (χ0n) is 15.9. The first-order chi connectivity index (χ1) is 14.5. The highest BCUT2D eigenvalue weighted by Crippen LogP contribution is 2.30. The second kappa shape index (κ2) is 8.34. The largest absolute Gasteiger partial charge is 0.411 e. The van der Waals surface area contributed by atoms with E-state index in [-0.39, 0.29) is 22.6 Å². The zero-order chi connectivity index (χ0) is 21.1. The summed E-state index contributed by atoms with van der Waals surface area (Å²) in [6, 6.07) is 18.3. The maximum absolute atomic E-state index is 12.3. The molecule has 0 radical (unpaired) electrons. The van der Waals surface area contributed by atoms with Crippen molar-refractivity contribution in [1.82, 2.24) is 10.2 Å². The summed E-state index contributed by atoms with van der Waals surface area (Å²) in [5, 5.41) is 24.2. The standard InChI is InChI=1S/C21H16N4O4S/c1-13-17(10-5-11-18(13)25(27)28)22-19(26)12-30-21-24-23-20(29-21)16-9-4-7-14-6-2-3-8-15(14)16/h2-11H,12H2,1H3,(H,22,26). The summed E-state index contributed by atoms with van der Waals surface area (Å²) in [6.45, 7) is 1.59. The topological polar surface area (TPSA) is 111 Å². The monoisotopic (exact) mass is 420 g/mol. The summed E-state index contributed by atoms with van der Waals surface area (Å²) >= 11 is 1.10. The molecule has 1 N–H and O–H groups in total. The van der Waals surface area contributed by atoms with Crippen LogP contribution in [0.2, 0.25) is 0 Å². The number of fused-ring (bicyclic) bond motifs is 1. The number of aromatic nitrogens is 2. The number of nitrogens with one attached hydrogen (secondary N) is 1. The van der Waals surface area contributed by atoms with Crippen LogP contribution in [-0.4, -0.2) is 26.8 Å². The van der Waals surface area contributed by atoms with Crippen LogP contribution in [0.1, 0.15) is 5.56 Å². The summed E-state index contributed by atoms with van der Waals surface area (Å²) in [4.78, 5) is 22.8. The molecule has 0 spiro atoms. The van der Waals surface area contributed by atoms with Gasteiger partial charge in [-0.2, -0.15) is 0 Å². The molecule has 1 amide bonds. The van der Waals surface area contributed by atoms with Gasteiger partial charge < -0.3 is 9.73 Å². The number of carbonyl (C=O) groups excluding carboxylic acids is 1. The first-order valence-electron chi connectivity index (χ1n) is 9.01. The van der Waals surface area contributed by atoms with E-state index >= 15 is 0 Å². The van der Waals surface area contributed by atoms with E-state index in [1.807, 2.05) is 42.5 Å². The summed E-state index contributed by atoms with van der Waals surface area (Å²) in [6.07, 6.45) is 0. The molecule has 0 fully saturated rings. The molecule has 4 aromatic rings. The number of nitro benzene ring substituents is 1. The molecule has 0 atom stereocenters. The van der Waals surface area contributed by atoms with Crippen LogP contribution in [0.15, 0.2) is 70.3 Å². The molecule has 0 unspecified atom stereocenters. The highest BCUT2D eigenvalue weighted by Gasteiger charge is 2.16. The van der Waals surface area contributed by atoms with Gasteiger partial charge in [0.2, 0.25) is 11.8 Å². The van der Waals surface area contributed by atoms with E-state index in [2.05, 4.69) is 15.5 Å². The summed E-state index contributed by atoms with van der Waals surface area (Å²) < 4.78 is 5.72. The van der Waals surface area contributed by atoms with Crippen LogP contribution in [-0.2, 0) is 4.79 Å². The van der Waals surface area contributed by atoms with Crippen LogP contribution in [0.3, 0.4) is 0 Å². The molecular weight excluding hydrogens is 404 g/mol. The van der Waals surface area contributed by atoms with Gasteiger partial charge >= 0.3 is 0 Å². The van der Waals surface area contributed by atoms with Crippen molar-refractivity contribution >= 4 is 39.8 Å². The Morgan fingerprint density at radius 1 is 1.10 bits per heavy atom. The Morgan fingerprint density at radius 2 is 1.87 bits per heavy atom. The molecule has 150 valence electrons. The van der Waals surface area contributed by atoms with Gasteiger partial charge in [0.25, 0.3) is 10.9 Å². The fourth-order valence-corrected chi connectivity index (χ4v) is 3.62. The van der Waals surface area contributed by atoms with Crippen molar-refractivity contribution < 1.29 is 14.1 Å². The Bertz CT molecular complexity index is 1250. The molecule has 9 heteroatoms. The summed E-state index contributed by atoms with van der Waals surface area (Å²) in [5.74, 6) is 0.0806. The second-order valence-electron chi connectivity index (χ2n) is 6.44. The first kappa shape index (κ1) is 19.6. The molecule has 0 saturated carbocycles. The molecule has 1 aromatic heterocycles. The number of anilines is 1. The lowest BCUT2D eigenvalue weighted by Crippen LogP contribution is -2.15. The van der Waals surface area contributed by atoms with Crippen molar-refractivity contribution in [3.05, 3.63) is 76.3 Å². The van der Waals surface area contributed by atoms with Crippen LogP contribution in [0.25, 0.3) is 22.2 Å². The number of carbonyl (C=O) groups is 1. The van der Waals surface area contributed by atoms with Gasteiger partial charge in [0, 0.05) is 11.6 Å². The quantitative estimate of drug-likeness (QED) is 0.270. The van der Waals surface area contributed by atoms with Gasteiger partial charge in [-0.15, -0.1) is 10.2 Å². The third kappa shape index (κ3) is 4.01. The predicted molar refractivity (Wildman–Crippen MR) is 114 cm³/mol. The number of thioether (sulfide) groups is 1. The highest BCUT2D eigenvalue weighted by molar-refractivity contribution is 7.99. The third-order valence-corrected chi connectivity index (χ3v) is 5.35. The lowest BCUT2D eigenvalue weighted by atomic mass is 10.0. The molecule has 30 heavy (non-hydrogen) atoms. The van der Waals surface area contributed by atoms with Crippen LogP contribution >= 0.6 is 11.8 Å². The molecule has 1 heterocycles. The number of hydrogen-bond acceptors (Lipinski definition) is 7. The molecular formula is C21H16N4O4S. The third-order valence-electron chi connectivity index (χ3n) is 4.53. The number of nitro groups is 1. The lowest BCUT2D eigenvalue weighted by molar-refractivity contribution is -0.385. The summed E-state index contributed by atoms with van der Waals surface area (Å²) in [7, 11) is 0. The fraction of sp³-hybridized carbons (Fsp3) is 0.0952. The minimum absolute atomic E-state index is 0.0271. The van der Waals surface area contributed by atoms with E-state index in [1.54, 1.807) is 13.0 Å². The Balaban J connectivity index is 1.44. The van der Waals surface area contributed by atoms with Gasteiger partial charge in [0.15, 0.2) is 0 Å². The summed E-state index contributed by atoms with van der Waals surface area (Å²) in [5.41, 5.74) is 1.58. The van der Waals surface area contributed by atoms with Gasteiger partial charge in [-0.1, -0.05) is 54.2 Å². The van der Waals surface area contributed by atoms with Crippen LogP contribution < -0.4 is 5.32 Å². The van der Waals surface area contributed by atoms with E-state index in [1.165, 1.54) is 12.1 Å². The number of amides is 1. The Kier molecular flexibility index (Phi) is 5.44. The Morgan fingerprint density at radius 3 is 2.70 bits per heavy atom. The van der Waals surface area contributed by atoms with Gasteiger partial charge in [0.1, 0.15) is 0 Å². The van der Waals surface area contributed by atoms with Gasteiger partial charge in [-0.3, -0.25) is 14.9 Å². The molecule has 3 aromatic carbocycles. The normalized spacial score (nSPS) is 10.8. The SMILES string of the molecule is Cc1c(NC(=O)CSc2nnc(-c3cccc4ccccc34)o2)cccc1[N+](=O)[O-]. The number of rotatable bonds is 6. The smallest absolute Gasteiger partial charge is 0.277 e. The maximum atomic E-state index is 12.3. The zero-order valence-corrected chi connectivity index (χ0v) is 16.7. The lowest BCUT2D eigenvalue weighted by Gasteiger charge is -2.07. The molecule has 0 aliphatic heterocycles. The van der Waals surface area contributed by atoms with Crippen molar-refractivity contribution in [2.24, 2.45) is 0 Å². The first-order valence-corrected chi connectivity index (χ1v) is 10.00. The van der Waals surface area contributed by atoms with Gasteiger partial charge in [0.05, 0.1) is 21.9 Å². The average Bonchev–Trinajstić information content (AvgIpc) is 3.22. The van der Waals surface area contributed by atoms with Gasteiger partial charge in [-0.05, 0) is 29.8 Å². The molecule has 0 aliphatic carbocycles. The van der Waals surface area contributed by atoms with E-state index in [4.69, 9.17) is 4.42 Å². The van der Waals surface area contributed by atoms with Crippen molar-refractivity contribution in [3.63, 3.8) is 0 Å². The molecule has 0 bridgehead atoms. The highest BCUT2D eigenvalue weighted by atomic mass is 32.2. The average molecular weight is 420 g/mol. The van der Waals surface area contributed by atoms with Crippen molar-refractivity contribution in [2.75, 3.05) is 11.1 Å². The van der Waals surface area contributed by atoms with Crippen LogP contribution in [0.4, 0.5) is 11.4 Å². The van der Waals surface area contributed by atoms with Crippen LogP contribution in [0, 0.1) is 17.0 Å². The Labute approximate surface area is 175 Å². The molecule has 8 nitrogen and oxygen atoms in total. The van der Waals surface area contributed by atoms with Crippen LogP contribution in [0.5, 0.6) is 0 Å². The molecule has 0 saturated heterocycles.